The molecule has 2 aromatic rings. The summed E-state index contributed by atoms with van der Waals surface area (Å²) in [6.45, 7) is 7.76. The molecule has 2 aliphatic heterocycles. The van der Waals surface area contributed by atoms with Gasteiger partial charge in [0.05, 0.1) is 17.8 Å². The molecule has 1 N–H and O–H groups in total. The van der Waals surface area contributed by atoms with E-state index in [0.717, 1.165) is 49.9 Å². The number of nitrogens with one attached hydrogen (secondary N) is 1. The van der Waals surface area contributed by atoms with Crippen molar-refractivity contribution in [2.24, 2.45) is 5.92 Å². The minimum absolute atomic E-state index is 0.245. The molecule has 2 fully saturated rings. The summed E-state index contributed by atoms with van der Waals surface area (Å²) in [6.07, 6.45) is 4.46. The zero-order valence-corrected chi connectivity index (χ0v) is 14.9. The first-order valence-electron chi connectivity index (χ1n) is 9.14. The van der Waals surface area contributed by atoms with E-state index in [0.29, 0.717) is 5.92 Å². The highest BCUT2D eigenvalue weighted by atomic mass is 16.5. The third-order valence-corrected chi connectivity index (χ3v) is 5.40. The summed E-state index contributed by atoms with van der Waals surface area (Å²) < 4.78 is 11.5. The van der Waals surface area contributed by atoms with E-state index in [4.69, 9.17) is 9.26 Å². The van der Waals surface area contributed by atoms with Crippen LogP contribution in [0.25, 0.3) is 0 Å². The second-order valence-corrected chi connectivity index (χ2v) is 7.20. The Balaban J connectivity index is 1.52. The molecule has 2 saturated heterocycles. The number of piperidine rings is 1. The topological polar surface area (TPSA) is 63.4 Å². The number of hydrogen-bond acceptors (Lipinski definition) is 6. The summed E-state index contributed by atoms with van der Waals surface area (Å²) >= 11 is 0. The summed E-state index contributed by atoms with van der Waals surface area (Å²) in [7, 11) is 0. The Bertz CT molecular complexity index is 683. The van der Waals surface area contributed by atoms with Crippen molar-refractivity contribution in [1.29, 1.82) is 0 Å². The third-order valence-electron chi connectivity index (χ3n) is 5.40. The second kappa shape index (κ2) is 7.14. The van der Waals surface area contributed by atoms with E-state index in [2.05, 4.69) is 20.4 Å². The predicted molar refractivity (Wildman–Crippen MR) is 95.4 cm³/mol. The number of aromatic nitrogens is 2. The van der Waals surface area contributed by atoms with E-state index in [9.17, 15) is 0 Å². The number of anilines is 1. The first-order valence-corrected chi connectivity index (χ1v) is 9.14. The van der Waals surface area contributed by atoms with Crippen molar-refractivity contribution in [3.8, 4) is 0 Å². The zero-order chi connectivity index (χ0) is 17.2. The Labute approximate surface area is 148 Å². The molecular formula is C19H26N4O2. The first kappa shape index (κ1) is 16.5. The maximum atomic E-state index is 6.15. The number of likely N-dealkylation sites (tertiary alicyclic amines) is 1. The van der Waals surface area contributed by atoms with Crippen LogP contribution in [-0.4, -0.2) is 46.9 Å². The van der Waals surface area contributed by atoms with Crippen molar-refractivity contribution in [2.45, 2.75) is 45.4 Å². The monoisotopic (exact) mass is 342 g/mol. The van der Waals surface area contributed by atoms with E-state index in [1.54, 1.807) is 0 Å². The smallest absolute Gasteiger partial charge is 0.138 e. The molecule has 0 aliphatic carbocycles. The van der Waals surface area contributed by atoms with Gasteiger partial charge in [-0.15, -0.1) is 0 Å². The molecule has 0 amide bonds. The molecule has 0 radical (unpaired) electrons. The second-order valence-electron chi connectivity index (χ2n) is 7.20. The molecule has 2 aliphatic rings. The molecule has 6 heteroatoms. The summed E-state index contributed by atoms with van der Waals surface area (Å²) in [5.74, 6) is 2.40. The molecule has 0 unspecified atom stereocenters. The summed E-state index contributed by atoms with van der Waals surface area (Å²) in [6, 6.07) is 6.22. The molecule has 0 aromatic carbocycles. The van der Waals surface area contributed by atoms with Gasteiger partial charge < -0.3 is 14.6 Å². The van der Waals surface area contributed by atoms with Gasteiger partial charge in [0, 0.05) is 38.0 Å². The normalized spacial score (nSPS) is 27.0. The number of ether oxygens (including phenoxy) is 1. The molecular weight excluding hydrogens is 316 g/mol. The fourth-order valence-corrected chi connectivity index (χ4v) is 4.14. The van der Waals surface area contributed by atoms with Gasteiger partial charge in [0.25, 0.3) is 0 Å². The first-order chi connectivity index (χ1) is 12.2. The average Bonchev–Trinajstić information content (AvgIpc) is 2.95. The van der Waals surface area contributed by atoms with E-state index in [1.807, 2.05) is 38.2 Å². The molecule has 0 saturated carbocycles. The van der Waals surface area contributed by atoms with E-state index < -0.39 is 0 Å². The highest BCUT2D eigenvalue weighted by molar-refractivity contribution is 5.35. The molecule has 0 spiro atoms. The van der Waals surface area contributed by atoms with Gasteiger partial charge in [-0.3, -0.25) is 4.90 Å². The van der Waals surface area contributed by atoms with Crippen molar-refractivity contribution in [3.05, 3.63) is 41.4 Å². The Morgan fingerprint density at radius 3 is 2.96 bits per heavy atom. The summed E-state index contributed by atoms with van der Waals surface area (Å²) in [5.41, 5.74) is 2.21. The van der Waals surface area contributed by atoms with Crippen molar-refractivity contribution in [2.75, 3.05) is 25.0 Å². The van der Waals surface area contributed by atoms with Crippen LogP contribution < -0.4 is 5.32 Å². The summed E-state index contributed by atoms with van der Waals surface area (Å²) in [4.78, 5) is 6.93. The van der Waals surface area contributed by atoms with Gasteiger partial charge in [0.2, 0.25) is 0 Å². The summed E-state index contributed by atoms with van der Waals surface area (Å²) in [5, 5.41) is 7.70. The van der Waals surface area contributed by atoms with Crippen molar-refractivity contribution in [3.63, 3.8) is 0 Å². The fourth-order valence-electron chi connectivity index (χ4n) is 4.14. The van der Waals surface area contributed by atoms with Gasteiger partial charge in [-0.25, -0.2) is 4.98 Å². The van der Waals surface area contributed by atoms with Gasteiger partial charge in [0.15, 0.2) is 0 Å². The van der Waals surface area contributed by atoms with Crippen LogP contribution in [0.3, 0.4) is 0 Å². The van der Waals surface area contributed by atoms with E-state index in [-0.39, 0.29) is 12.1 Å². The standard InChI is InChI=1S/C19H26N4O2/c1-13-16(14(2)25-22-13)11-23-10-15-6-5-9-24-19(15)17(12-23)21-18-7-3-4-8-20-18/h3-4,7-8,15,17,19H,5-6,9-12H2,1-2H3,(H,20,21)/t15-,17+,19-/m0/s1. The molecule has 0 bridgehead atoms. The van der Waals surface area contributed by atoms with Crippen LogP contribution in [0.5, 0.6) is 0 Å². The lowest BCUT2D eigenvalue weighted by Crippen LogP contribution is -2.57. The molecule has 2 aromatic heterocycles. The minimum Gasteiger partial charge on any atom is -0.376 e. The molecule has 25 heavy (non-hydrogen) atoms. The van der Waals surface area contributed by atoms with Gasteiger partial charge in [-0.2, -0.15) is 0 Å². The Morgan fingerprint density at radius 2 is 2.20 bits per heavy atom. The molecule has 6 nitrogen and oxygen atoms in total. The Kier molecular flexibility index (Phi) is 4.72. The highest BCUT2D eigenvalue weighted by Gasteiger charge is 2.39. The Morgan fingerprint density at radius 1 is 1.28 bits per heavy atom. The zero-order valence-electron chi connectivity index (χ0n) is 14.9. The van der Waals surface area contributed by atoms with Crippen LogP contribution in [0, 0.1) is 19.8 Å². The fraction of sp³-hybridized carbons (Fsp3) is 0.579. The van der Waals surface area contributed by atoms with Crippen molar-refractivity contribution >= 4 is 5.82 Å². The van der Waals surface area contributed by atoms with Crippen molar-refractivity contribution in [1.82, 2.24) is 15.0 Å². The lowest BCUT2D eigenvalue weighted by Gasteiger charge is -2.46. The number of rotatable bonds is 4. The minimum atomic E-state index is 0.245. The lowest BCUT2D eigenvalue weighted by molar-refractivity contribution is -0.0748. The largest absolute Gasteiger partial charge is 0.376 e. The SMILES string of the molecule is Cc1noc(C)c1CN1C[C@@H]2CCCO[C@@H]2[C@H](Nc2ccccn2)C1. The van der Waals surface area contributed by atoms with Crippen LogP contribution in [0.1, 0.15) is 29.9 Å². The van der Waals surface area contributed by atoms with Gasteiger partial charge in [-0.1, -0.05) is 11.2 Å². The van der Waals surface area contributed by atoms with E-state index >= 15 is 0 Å². The van der Waals surface area contributed by atoms with Crippen LogP contribution in [0.4, 0.5) is 5.82 Å². The van der Waals surface area contributed by atoms with Crippen LogP contribution in [0.2, 0.25) is 0 Å². The number of nitrogens with zero attached hydrogens (tertiary/aromatic N) is 3. The van der Waals surface area contributed by atoms with Crippen LogP contribution >= 0.6 is 0 Å². The maximum absolute atomic E-state index is 6.15. The molecule has 4 rings (SSSR count). The number of fused-ring (bicyclic) bond motifs is 1. The predicted octanol–water partition coefficient (Wildman–Crippen LogP) is 2.78. The van der Waals surface area contributed by atoms with Gasteiger partial charge in [0.1, 0.15) is 11.6 Å². The van der Waals surface area contributed by atoms with Crippen molar-refractivity contribution < 1.29 is 9.26 Å². The van der Waals surface area contributed by atoms with Gasteiger partial charge >= 0.3 is 0 Å². The molecule has 3 atom stereocenters. The maximum Gasteiger partial charge on any atom is 0.138 e. The van der Waals surface area contributed by atoms with Crippen LogP contribution in [-0.2, 0) is 11.3 Å². The van der Waals surface area contributed by atoms with Gasteiger partial charge in [-0.05, 0) is 44.7 Å². The Hall–Kier alpha value is -1.92. The lowest BCUT2D eigenvalue weighted by atomic mass is 9.85. The van der Waals surface area contributed by atoms with E-state index in [1.165, 1.54) is 12.0 Å². The highest BCUT2D eigenvalue weighted by Crippen LogP contribution is 2.31. The molecule has 4 heterocycles. The quantitative estimate of drug-likeness (QED) is 0.922. The average molecular weight is 342 g/mol. The number of hydrogen-bond donors (Lipinski definition) is 1. The number of pyridine rings is 1. The number of aryl methyl sites for hydroxylation is 2. The third kappa shape index (κ3) is 3.55. The van der Waals surface area contributed by atoms with Crippen LogP contribution in [0.15, 0.2) is 28.9 Å². The molecule has 134 valence electrons.